The molecule has 0 spiro atoms. The minimum Gasteiger partial charge on any atom is -0.277 e. The smallest absolute Gasteiger partial charge is 0.261 e. The minimum absolute atomic E-state index is 0.201. The third-order valence-corrected chi connectivity index (χ3v) is 5.19. The van der Waals surface area contributed by atoms with Gasteiger partial charge in [-0.15, -0.1) is 0 Å². The van der Waals surface area contributed by atoms with Gasteiger partial charge in [0.05, 0.1) is 21.1 Å². The van der Waals surface area contributed by atoms with E-state index in [4.69, 9.17) is 11.6 Å². The lowest BCUT2D eigenvalue weighted by Crippen LogP contribution is -2.13. The van der Waals surface area contributed by atoms with Crippen LogP contribution in [-0.4, -0.2) is 13.4 Å². The summed E-state index contributed by atoms with van der Waals surface area (Å²) in [6.45, 7) is 1.83. The predicted molar refractivity (Wildman–Crippen MR) is 88.7 cm³/mol. The molecule has 0 amide bonds. The number of rotatable bonds is 3. The Balaban J connectivity index is 2.14. The topological polar surface area (TPSA) is 59.1 Å². The van der Waals surface area contributed by atoms with Gasteiger partial charge >= 0.3 is 0 Å². The summed E-state index contributed by atoms with van der Waals surface area (Å²) in [4.78, 5) is 4.45. The summed E-state index contributed by atoms with van der Waals surface area (Å²) in [5, 5.41) is 1.29. The Morgan fingerprint density at radius 2 is 1.82 bits per heavy atom. The number of nitrogens with zero attached hydrogens (tertiary/aromatic N) is 1. The zero-order valence-corrected chi connectivity index (χ0v) is 13.3. The molecule has 3 rings (SSSR count). The van der Waals surface area contributed by atoms with Crippen LogP contribution in [0, 0.1) is 6.92 Å². The molecule has 4 nitrogen and oxygen atoms in total. The van der Waals surface area contributed by atoms with Crippen molar-refractivity contribution in [2.24, 2.45) is 0 Å². The second-order valence-corrected chi connectivity index (χ2v) is 6.93. The maximum absolute atomic E-state index is 12.5. The number of pyridine rings is 1. The van der Waals surface area contributed by atoms with E-state index >= 15 is 0 Å². The molecule has 0 aliphatic rings. The van der Waals surface area contributed by atoms with Crippen LogP contribution in [0.5, 0.6) is 0 Å². The number of nitrogens with one attached hydrogen (secondary N) is 1. The van der Waals surface area contributed by atoms with Gasteiger partial charge in [-0.3, -0.25) is 9.71 Å². The van der Waals surface area contributed by atoms with Crippen molar-refractivity contribution >= 4 is 38.2 Å². The van der Waals surface area contributed by atoms with E-state index in [2.05, 4.69) is 9.71 Å². The summed E-state index contributed by atoms with van der Waals surface area (Å²) >= 11 is 6.27. The summed E-state index contributed by atoms with van der Waals surface area (Å²) in [6, 6.07) is 13.5. The molecule has 6 heteroatoms. The summed E-state index contributed by atoms with van der Waals surface area (Å²) in [6.07, 6.45) is 1.61. The Labute approximate surface area is 133 Å². The zero-order chi connectivity index (χ0) is 15.7. The van der Waals surface area contributed by atoms with E-state index < -0.39 is 10.0 Å². The van der Waals surface area contributed by atoms with Crippen LogP contribution in [0.4, 0.5) is 5.69 Å². The Morgan fingerprint density at radius 3 is 2.55 bits per heavy atom. The molecule has 0 atom stereocenters. The van der Waals surface area contributed by atoms with Crippen molar-refractivity contribution in [3.8, 4) is 0 Å². The summed E-state index contributed by atoms with van der Waals surface area (Å²) < 4.78 is 27.5. The molecule has 1 aromatic heterocycles. The highest BCUT2D eigenvalue weighted by Gasteiger charge is 2.17. The van der Waals surface area contributed by atoms with Gasteiger partial charge in [0.15, 0.2) is 0 Å². The van der Waals surface area contributed by atoms with Gasteiger partial charge in [-0.1, -0.05) is 29.8 Å². The van der Waals surface area contributed by atoms with Crippen molar-refractivity contribution in [1.29, 1.82) is 0 Å². The van der Waals surface area contributed by atoms with E-state index in [-0.39, 0.29) is 4.90 Å². The number of aryl methyl sites for hydroxylation is 1. The van der Waals surface area contributed by atoms with Gasteiger partial charge in [0.1, 0.15) is 0 Å². The van der Waals surface area contributed by atoms with Crippen LogP contribution >= 0.6 is 11.6 Å². The van der Waals surface area contributed by atoms with Crippen molar-refractivity contribution in [2.75, 3.05) is 4.72 Å². The van der Waals surface area contributed by atoms with Crippen LogP contribution in [0.25, 0.3) is 10.9 Å². The zero-order valence-electron chi connectivity index (χ0n) is 11.7. The normalized spacial score (nSPS) is 11.5. The monoisotopic (exact) mass is 332 g/mol. The van der Waals surface area contributed by atoms with Gasteiger partial charge in [-0.2, -0.15) is 0 Å². The van der Waals surface area contributed by atoms with Crippen molar-refractivity contribution in [1.82, 2.24) is 4.98 Å². The van der Waals surface area contributed by atoms with Gasteiger partial charge in [-0.25, -0.2) is 8.42 Å². The largest absolute Gasteiger partial charge is 0.277 e. The molecule has 0 bridgehead atoms. The molecule has 112 valence electrons. The molecule has 22 heavy (non-hydrogen) atoms. The van der Waals surface area contributed by atoms with Gasteiger partial charge in [0.2, 0.25) is 0 Å². The van der Waals surface area contributed by atoms with Crippen molar-refractivity contribution in [3.63, 3.8) is 0 Å². The maximum atomic E-state index is 12.5. The van der Waals surface area contributed by atoms with Crippen LogP contribution in [0.2, 0.25) is 5.02 Å². The van der Waals surface area contributed by atoms with E-state index in [0.717, 1.165) is 10.9 Å². The third kappa shape index (κ3) is 2.65. The fourth-order valence-corrected chi connectivity index (χ4v) is 3.52. The lowest BCUT2D eigenvalue weighted by Gasteiger charge is -2.12. The van der Waals surface area contributed by atoms with Crippen LogP contribution in [0.1, 0.15) is 5.56 Å². The number of hydrogen-bond donors (Lipinski definition) is 1. The summed E-state index contributed by atoms with van der Waals surface area (Å²) in [7, 11) is -3.67. The van der Waals surface area contributed by atoms with Crippen molar-refractivity contribution in [3.05, 3.63) is 65.3 Å². The average molecular weight is 333 g/mol. The predicted octanol–water partition coefficient (Wildman–Crippen LogP) is 4.00. The number of aromatic nitrogens is 1. The second-order valence-electron chi connectivity index (χ2n) is 4.87. The number of anilines is 1. The highest BCUT2D eigenvalue weighted by atomic mass is 35.5. The first-order chi connectivity index (χ1) is 10.5. The molecule has 0 radical (unpaired) electrons. The van der Waals surface area contributed by atoms with Crippen LogP contribution in [-0.2, 0) is 10.0 Å². The average Bonchev–Trinajstić information content (AvgIpc) is 2.53. The van der Waals surface area contributed by atoms with Gasteiger partial charge in [0.25, 0.3) is 10.0 Å². The van der Waals surface area contributed by atoms with Gasteiger partial charge < -0.3 is 0 Å². The van der Waals surface area contributed by atoms with E-state index in [9.17, 15) is 8.42 Å². The Hall–Kier alpha value is -2.11. The quantitative estimate of drug-likeness (QED) is 0.788. The lowest BCUT2D eigenvalue weighted by atomic mass is 10.1. The molecular formula is C16H13ClN2O2S. The fourth-order valence-electron chi connectivity index (χ4n) is 2.24. The number of sulfonamides is 1. The fraction of sp³-hybridized carbons (Fsp3) is 0.0625. The molecule has 2 aromatic carbocycles. The van der Waals surface area contributed by atoms with Crippen LogP contribution < -0.4 is 4.72 Å². The number of benzene rings is 2. The first kappa shape index (κ1) is 14.8. The summed E-state index contributed by atoms with van der Waals surface area (Å²) in [5.74, 6) is 0. The molecule has 3 aromatic rings. The SMILES string of the molecule is Cc1cc(NS(=O)(=O)c2ccccc2)c2ncccc2c1Cl. The molecule has 0 aliphatic carbocycles. The van der Waals surface area contributed by atoms with Crippen LogP contribution in [0.15, 0.2) is 59.6 Å². The standard InChI is InChI=1S/C16H13ClN2O2S/c1-11-10-14(16-13(15(11)17)8-5-9-18-16)19-22(20,21)12-6-3-2-4-7-12/h2-10,19H,1H3. The van der Waals surface area contributed by atoms with E-state index in [1.165, 1.54) is 0 Å². The van der Waals surface area contributed by atoms with Crippen molar-refractivity contribution in [2.45, 2.75) is 11.8 Å². The maximum Gasteiger partial charge on any atom is 0.261 e. The number of halogens is 1. The molecule has 0 saturated heterocycles. The third-order valence-electron chi connectivity index (χ3n) is 3.30. The highest BCUT2D eigenvalue weighted by Crippen LogP contribution is 2.32. The Bertz CT molecular complexity index is 941. The molecule has 1 heterocycles. The Kier molecular flexibility index (Phi) is 3.76. The molecular weight excluding hydrogens is 320 g/mol. The molecule has 1 N–H and O–H groups in total. The first-order valence-corrected chi connectivity index (χ1v) is 8.47. The number of hydrogen-bond acceptors (Lipinski definition) is 3. The first-order valence-electron chi connectivity index (χ1n) is 6.61. The highest BCUT2D eigenvalue weighted by molar-refractivity contribution is 7.92. The van der Waals surface area contributed by atoms with Crippen LogP contribution in [0.3, 0.4) is 0 Å². The Morgan fingerprint density at radius 1 is 1.09 bits per heavy atom. The van der Waals surface area contributed by atoms with E-state index in [1.54, 1.807) is 48.7 Å². The lowest BCUT2D eigenvalue weighted by molar-refractivity contribution is 0.601. The van der Waals surface area contributed by atoms with Gasteiger partial charge in [-0.05, 0) is 42.8 Å². The molecule has 0 aliphatic heterocycles. The van der Waals surface area contributed by atoms with E-state index in [0.29, 0.717) is 16.2 Å². The minimum atomic E-state index is -3.67. The van der Waals surface area contributed by atoms with Gasteiger partial charge in [0, 0.05) is 11.6 Å². The molecule has 0 fully saturated rings. The number of fused-ring (bicyclic) bond motifs is 1. The van der Waals surface area contributed by atoms with E-state index in [1.807, 2.05) is 13.0 Å². The second kappa shape index (κ2) is 5.59. The molecule has 0 unspecified atom stereocenters. The molecule has 0 saturated carbocycles. The van der Waals surface area contributed by atoms with Crippen molar-refractivity contribution < 1.29 is 8.42 Å². The summed E-state index contributed by atoms with van der Waals surface area (Å²) in [5.41, 5.74) is 1.73.